The number of amides is 1. The number of carbonyl (C=O) groups is 1. The number of ether oxygens (including phenoxy) is 2. The summed E-state index contributed by atoms with van der Waals surface area (Å²) in [6, 6.07) is -0.224. The minimum absolute atomic E-state index is 0. The summed E-state index contributed by atoms with van der Waals surface area (Å²) in [7, 11) is -11.6. The van der Waals surface area contributed by atoms with Crippen molar-refractivity contribution in [2.75, 3.05) is 6.61 Å². The van der Waals surface area contributed by atoms with E-state index < -0.39 is 94.6 Å². The Bertz CT molecular complexity index is 1230. The van der Waals surface area contributed by atoms with Crippen LogP contribution < -0.4 is 85.5 Å². The van der Waals surface area contributed by atoms with Crippen LogP contribution in [0.3, 0.4) is 0 Å². The molecule has 0 radical (unpaired) electrons. The van der Waals surface area contributed by atoms with Crippen LogP contribution in [0.5, 0.6) is 0 Å². The van der Waals surface area contributed by atoms with Gasteiger partial charge >= 0.3 is 64.8 Å². The fraction of sp³-hybridized carbons (Fsp3) is 0.706. The molecule has 2 saturated heterocycles. The van der Waals surface area contributed by atoms with Crippen LogP contribution in [0.4, 0.5) is 0 Å². The summed E-state index contributed by atoms with van der Waals surface area (Å²) >= 11 is 0. The van der Waals surface area contributed by atoms with Gasteiger partial charge in [-0.05, 0) is 6.92 Å². The predicted octanol–water partition coefficient (Wildman–Crippen LogP) is -10.9. The minimum Gasteiger partial charge on any atom is -0.756 e. The molecular weight excluding hydrogens is 610 g/mol. The van der Waals surface area contributed by atoms with Gasteiger partial charge in [0.15, 0.2) is 12.5 Å². The van der Waals surface area contributed by atoms with Gasteiger partial charge < -0.3 is 49.5 Å². The molecule has 11 atom stereocenters. The SMILES string of the molecule is CC(=O)NC1C(C)OC(OP(=O)([O-])OP(=O)([O-])OCC2OC(n3ccc(=O)[nH]c3=O)C(O)C2O)C(O)C1O.[Na+].[Na+]. The Morgan fingerprint density at radius 1 is 1.07 bits per heavy atom. The summed E-state index contributed by atoms with van der Waals surface area (Å²) < 4.78 is 48.0. The predicted molar refractivity (Wildman–Crippen MR) is 115 cm³/mol. The number of phosphoric ester groups is 2. The second-order valence-electron chi connectivity index (χ2n) is 8.36. The maximum absolute atomic E-state index is 12.1. The molecule has 216 valence electrons. The first kappa shape index (κ1) is 38.2. The zero-order valence-corrected chi connectivity index (χ0v) is 27.4. The van der Waals surface area contributed by atoms with E-state index in [-0.39, 0.29) is 59.1 Å². The normalized spacial score (nSPS) is 35.0. The first-order valence-corrected chi connectivity index (χ1v) is 13.7. The molecule has 19 nitrogen and oxygen atoms in total. The number of aliphatic hydroxyl groups excluding tert-OH is 4. The number of carbonyl (C=O) groups excluding carboxylic acids is 1. The Labute approximate surface area is 269 Å². The van der Waals surface area contributed by atoms with Gasteiger partial charge in [0, 0.05) is 19.2 Å². The summed E-state index contributed by atoms with van der Waals surface area (Å²) in [5.74, 6) is -0.584. The van der Waals surface area contributed by atoms with Crippen LogP contribution in [-0.2, 0) is 36.8 Å². The third-order valence-corrected chi connectivity index (χ3v) is 8.04. The summed E-state index contributed by atoms with van der Waals surface area (Å²) in [5, 5.41) is 42.8. The topological polar surface area (TPSA) is 291 Å². The third-order valence-electron chi connectivity index (χ3n) is 5.51. The molecule has 3 rings (SSSR count). The van der Waals surface area contributed by atoms with E-state index in [9.17, 15) is 53.7 Å². The van der Waals surface area contributed by atoms with Crippen molar-refractivity contribution in [1.82, 2.24) is 14.9 Å². The van der Waals surface area contributed by atoms with Crippen molar-refractivity contribution < 1.29 is 126 Å². The van der Waals surface area contributed by atoms with Crippen molar-refractivity contribution in [3.63, 3.8) is 0 Å². The molecule has 0 spiro atoms. The van der Waals surface area contributed by atoms with Crippen LogP contribution in [0, 0.1) is 0 Å². The minimum atomic E-state index is -5.85. The molecular formula is C17H25N3Na2O16P2. The maximum Gasteiger partial charge on any atom is 1.00 e. The second kappa shape index (κ2) is 15.3. The quantitative estimate of drug-likeness (QED) is 0.108. The Morgan fingerprint density at radius 2 is 1.70 bits per heavy atom. The van der Waals surface area contributed by atoms with Crippen LogP contribution in [-0.4, -0.2) is 91.4 Å². The smallest absolute Gasteiger partial charge is 0.756 e. The van der Waals surface area contributed by atoms with Gasteiger partial charge in [0.05, 0.1) is 18.8 Å². The van der Waals surface area contributed by atoms with Gasteiger partial charge in [-0.1, -0.05) is 0 Å². The molecule has 23 heteroatoms. The molecule has 0 saturated carbocycles. The van der Waals surface area contributed by atoms with Crippen molar-refractivity contribution in [2.45, 2.75) is 69.0 Å². The van der Waals surface area contributed by atoms with Crippen molar-refractivity contribution in [2.24, 2.45) is 0 Å². The molecule has 1 amide bonds. The van der Waals surface area contributed by atoms with E-state index in [0.717, 1.165) is 19.2 Å². The molecule has 2 aliphatic rings. The van der Waals surface area contributed by atoms with Crippen molar-refractivity contribution >= 4 is 21.6 Å². The number of phosphoric acid groups is 2. The fourth-order valence-corrected chi connectivity index (χ4v) is 5.81. The van der Waals surface area contributed by atoms with Crippen molar-refractivity contribution in [1.29, 1.82) is 0 Å². The Kier molecular flexibility index (Phi) is 14.6. The van der Waals surface area contributed by atoms with Gasteiger partial charge in [0.25, 0.3) is 21.2 Å². The Hall–Kier alpha value is 0.170. The zero-order chi connectivity index (χ0) is 28.6. The van der Waals surface area contributed by atoms with Gasteiger partial charge in [-0.15, -0.1) is 0 Å². The number of aliphatic hydroxyl groups is 4. The van der Waals surface area contributed by atoms with E-state index in [4.69, 9.17) is 9.47 Å². The van der Waals surface area contributed by atoms with E-state index in [1.807, 2.05) is 4.98 Å². The molecule has 1 aromatic heterocycles. The molecule has 3 heterocycles. The number of aromatic nitrogens is 2. The summed E-state index contributed by atoms with van der Waals surface area (Å²) in [4.78, 5) is 60.5. The van der Waals surface area contributed by atoms with E-state index in [1.54, 1.807) is 0 Å². The van der Waals surface area contributed by atoms with Crippen LogP contribution >= 0.6 is 15.6 Å². The van der Waals surface area contributed by atoms with Crippen molar-refractivity contribution in [3.05, 3.63) is 33.1 Å². The zero-order valence-electron chi connectivity index (χ0n) is 21.6. The molecule has 0 aromatic carbocycles. The number of hydrogen-bond acceptors (Lipinski definition) is 16. The summed E-state index contributed by atoms with van der Waals surface area (Å²) in [5.41, 5.74) is -1.76. The molecule has 1 aromatic rings. The maximum atomic E-state index is 12.1. The third kappa shape index (κ3) is 9.59. The molecule has 11 unspecified atom stereocenters. The number of hydrogen-bond donors (Lipinski definition) is 6. The number of aromatic amines is 1. The molecule has 2 aliphatic heterocycles. The number of nitrogens with zero attached hydrogens (tertiary/aromatic N) is 1. The van der Waals surface area contributed by atoms with Gasteiger partial charge in [-0.3, -0.25) is 32.8 Å². The first-order chi connectivity index (χ1) is 17.5. The van der Waals surface area contributed by atoms with Gasteiger partial charge in [-0.25, -0.2) is 9.11 Å². The van der Waals surface area contributed by atoms with E-state index in [2.05, 4.69) is 18.7 Å². The van der Waals surface area contributed by atoms with Gasteiger partial charge in [-0.2, -0.15) is 0 Å². The van der Waals surface area contributed by atoms with Crippen LogP contribution in [0.25, 0.3) is 0 Å². The molecule has 0 aliphatic carbocycles. The van der Waals surface area contributed by atoms with Gasteiger partial charge in [0.1, 0.15) is 30.5 Å². The van der Waals surface area contributed by atoms with Gasteiger partial charge in [0.2, 0.25) is 5.91 Å². The van der Waals surface area contributed by atoms with E-state index in [1.165, 1.54) is 6.92 Å². The Morgan fingerprint density at radius 3 is 2.27 bits per heavy atom. The number of rotatable bonds is 9. The fourth-order valence-electron chi connectivity index (χ4n) is 3.73. The average molecular weight is 635 g/mol. The van der Waals surface area contributed by atoms with E-state index in [0.29, 0.717) is 4.57 Å². The average Bonchev–Trinajstić information content (AvgIpc) is 3.06. The van der Waals surface area contributed by atoms with Crippen LogP contribution in [0.2, 0.25) is 0 Å². The van der Waals surface area contributed by atoms with Crippen LogP contribution in [0.15, 0.2) is 21.9 Å². The summed E-state index contributed by atoms with van der Waals surface area (Å²) in [6.45, 7) is 1.34. The van der Waals surface area contributed by atoms with E-state index >= 15 is 0 Å². The van der Waals surface area contributed by atoms with Crippen LogP contribution in [0.1, 0.15) is 20.1 Å². The monoisotopic (exact) mass is 635 g/mol. The number of nitrogens with one attached hydrogen (secondary N) is 2. The molecule has 6 N–H and O–H groups in total. The Balaban J connectivity index is 0.00000400. The molecule has 2 fully saturated rings. The standard InChI is InChI=1S/C17H27N3O16P2.2Na/c1-6-10(18-7(2)21)12(24)14(26)16(33-6)35-38(30,31)36-37(28,29)32-5-8-11(23)13(25)15(34-8)20-4-3-9(22)19-17(20)27;;/h3-4,6,8,10-16,23-26H,5H2,1-2H3,(H,18,21)(H,28,29)(H,30,31)(H,19,22,27);;/q;2*+1/p-2. The summed E-state index contributed by atoms with van der Waals surface area (Å²) in [6.07, 6.45) is -12.9. The number of H-pyrrole nitrogens is 1. The first-order valence-electron chi connectivity index (χ1n) is 10.8. The molecule has 0 bridgehead atoms. The van der Waals surface area contributed by atoms with Crippen molar-refractivity contribution in [3.8, 4) is 0 Å². The largest absolute Gasteiger partial charge is 1.00 e. The second-order valence-corrected chi connectivity index (χ2v) is 11.3. The molecule has 40 heavy (non-hydrogen) atoms.